The monoisotopic (exact) mass is 223 g/mol. The maximum Gasteiger partial charge on any atom is 0.142 e. The first-order chi connectivity index (χ1) is 7.74. The number of nitrogens with one attached hydrogen (secondary N) is 1. The third-order valence-electron chi connectivity index (χ3n) is 2.24. The Kier molecular flexibility index (Phi) is 5.82. The molecule has 0 amide bonds. The number of ether oxygens (including phenoxy) is 1. The van der Waals surface area contributed by atoms with Crippen molar-refractivity contribution in [3.05, 3.63) is 24.0 Å². The van der Waals surface area contributed by atoms with E-state index >= 15 is 0 Å². The molecule has 1 rings (SSSR count). The number of hydrogen-bond acceptors (Lipinski definition) is 4. The van der Waals surface area contributed by atoms with Gasteiger partial charge < -0.3 is 15.0 Å². The second-order valence-electron chi connectivity index (χ2n) is 4.02. The van der Waals surface area contributed by atoms with Crippen LogP contribution < -0.4 is 10.1 Å². The second-order valence-corrected chi connectivity index (χ2v) is 4.02. The fraction of sp³-hybridized carbons (Fsp3) is 0.583. The molecule has 0 fully saturated rings. The highest BCUT2D eigenvalue weighted by atomic mass is 16.5. The van der Waals surface area contributed by atoms with Crippen LogP contribution in [0.2, 0.25) is 0 Å². The zero-order valence-corrected chi connectivity index (χ0v) is 10.4. The van der Waals surface area contributed by atoms with Crippen LogP contribution in [-0.2, 0) is 6.54 Å². The topological polar surface area (TPSA) is 37.4 Å². The molecule has 16 heavy (non-hydrogen) atoms. The Morgan fingerprint density at radius 3 is 2.94 bits per heavy atom. The van der Waals surface area contributed by atoms with Crippen LogP contribution in [0.4, 0.5) is 0 Å². The van der Waals surface area contributed by atoms with E-state index in [9.17, 15) is 0 Å². The van der Waals surface area contributed by atoms with Crippen molar-refractivity contribution in [3.63, 3.8) is 0 Å². The molecule has 0 saturated carbocycles. The first kappa shape index (κ1) is 12.9. The van der Waals surface area contributed by atoms with Gasteiger partial charge in [-0.1, -0.05) is 0 Å². The fourth-order valence-electron chi connectivity index (χ4n) is 1.44. The van der Waals surface area contributed by atoms with Gasteiger partial charge in [-0.3, -0.25) is 4.98 Å². The van der Waals surface area contributed by atoms with Crippen LogP contribution in [0.15, 0.2) is 18.5 Å². The molecule has 0 aliphatic rings. The number of hydrogen-bond donors (Lipinski definition) is 1. The van der Waals surface area contributed by atoms with Crippen LogP contribution in [-0.4, -0.2) is 44.2 Å². The van der Waals surface area contributed by atoms with Crippen molar-refractivity contribution < 1.29 is 4.74 Å². The molecule has 0 aliphatic carbocycles. The van der Waals surface area contributed by atoms with Crippen LogP contribution in [0, 0.1) is 0 Å². The molecule has 1 aromatic rings. The Morgan fingerprint density at radius 1 is 1.44 bits per heavy atom. The highest BCUT2D eigenvalue weighted by Gasteiger charge is 2.02. The summed E-state index contributed by atoms with van der Waals surface area (Å²) < 4.78 is 5.71. The van der Waals surface area contributed by atoms with Gasteiger partial charge in [-0.2, -0.15) is 0 Å². The van der Waals surface area contributed by atoms with E-state index in [2.05, 4.69) is 29.3 Å². The summed E-state index contributed by atoms with van der Waals surface area (Å²) in [4.78, 5) is 6.23. The molecule has 0 aromatic carbocycles. The molecule has 0 bridgehead atoms. The Balaban J connectivity index is 2.40. The minimum atomic E-state index is 0.737. The normalized spacial score (nSPS) is 10.8. The molecule has 0 spiro atoms. The summed E-state index contributed by atoms with van der Waals surface area (Å²) in [6.07, 6.45) is 4.60. The summed E-state index contributed by atoms with van der Waals surface area (Å²) in [6.45, 7) is 2.59. The number of nitrogens with zero attached hydrogens (tertiary/aromatic N) is 2. The van der Waals surface area contributed by atoms with Crippen LogP contribution in [0.1, 0.15) is 12.0 Å². The molecule has 1 aromatic heterocycles. The SMILES string of the molecule is CNCc1ccncc1OCCCN(C)C. The standard InChI is InChI=1S/C12H21N3O/c1-13-9-11-5-6-14-10-12(11)16-8-4-7-15(2)3/h5-6,10,13H,4,7-9H2,1-3H3. The lowest BCUT2D eigenvalue weighted by molar-refractivity contribution is 0.278. The second kappa shape index (κ2) is 7.19. The quantitative estimate of drug-likeness (QED) is 0.703. The first-order valence-electron chi connectivity index (χ1n) is 5.59. The molecular formula is C12H21N3O. The average molecular weight is 223 g/mol. The Hall–Kier alpha value is -1.13. The van der Waals surface area contributed by atoms with Crippen molar-refractivity contribution in [3.8, 4) is 5.75 Å². The lowest BCUT2D eigenvalue weighted by Crippen LogP contribution is -2.16. The highest BCUT2D eigenvalue weighted by molar-refractivity contribution is 5.29. The molecule has 0 atom stereocenters. The zero-order chi connectivity index (χ0) is 11.8. The highest BCUT2D eigenvalue weighted by Crippen LogP contribution is 2.16. The Labute approximate surface area is 97.6 Å². The first-order valence-corrected chi connectivity index (χ1v) is 5.59. The summed E-state index contributed by atoms with van der Waals surface area (Å²) in [5, 5.41) is 3.12. The van der Waals surface area contributed by atoms with E-state index in [0.717, 1.165) is 37.4 Å². The summed E-state index contributed by atoms with van der Waals surface area (Å²) in [7, 11) is 6.06. The van der Waals surface area contributed by atoms with E-state index < -0.39 is 0 Å². The Morgan fingerprint density at radius 2 is 2.25 bits per heavy atom. The lowest BCUT2D eigenvalue weighted by atomic mass is 10.2. The van der Waals surface area contributed by atoms with Gasteiger partial charge in [0.15, 0.2) is 0 Å². The van der Waals surface area contributed by atoms with Crippen LogP contribution in [0.3, 0.4) is 0 Å². The van der Waals surface area contributed by atoms with Crippen molar-refractivity contribution in [1.29, 1.82) is 0 Å². The van der Waals surface area contributed by atoms with Gasteiger partial charge in [-0.05, 0) is 33.6 Å². The summed E-state index contributed by atoms with van der Waals surface area (Å²) in [5.74, 6) is 0.885. The van der Waals surface area contributed by atoms with Crippen molar-refractivity contribution >= 4 is 0 Å². The third-order valence-corrected chi connectivity index (χ3v) is 2.24. The average Bonchev–Trinajstić information content (AvgIpc) is 2.26. The largest absolute Gasteiger partial charge is 0.492 e. The molecule has 1 N–H and O–H groups in total. The van der Waals surface area contributed by atoms with Crippen LogP contribution in [0.5, 0.6) is 5.75 Å². The van der Waals surface area contributed by atoms with Crippen molar-refractivity contribution in [2.75, 3.05) is 34.3 Å². The maximum absolute atomic E-state index is 5.71. The van der Waals surface area contributed by atoms with Crippen molar-refractivity contribution in [2.45, 2.75) is 13.0 Å². The lowest BCUT2D eigenvalue weighted by Gasteiger charge is -2.12. The van der Waals surface area contributed by atoms with Gasteiger partial charge >= 0.3 is 0 Å². The van der Waals surface area contributed by atoms with Gasteiger partial charge in [-0.15, -0.1) is 0 Å². The van der Waals surface area contributed by atoms with Crippen LogP contribution in [0.25, 0.3) is 0 Å². The maximum atomic E-state index is 5.71. The number of pyridine rings is 1. The van der Waals surface area contributed by atoms with E-state index in [1.54, 1.807) is 12.4 Å². The molecule has 0 saturated heterocycles. The molecule has 4 nitrogen and oxygen atoms in total. The smallest absolute Gasteiger partial charge is 0.142 e. The van der Waals surface area contributed by atoms with Crippen molar-refractivity contribution in [1.82, 2.24) is 15.2 Å². The van der Waals surface area contributed by atoms with Crippen LogP contribution >= 0.6 is 0 Å². The van der Waals surface area contributed by atoms with E-state index in [-0.39, 0.29) is 0 Å². The van der Waals surface area contributed by atoms with Gasteiger partial charge in [0.2, 0.25) is 0 Å². The zero-order valence-electron chi connectivity index (χ0n) is 10.4. The van der Waals surface area contributed by atoms with Gasteiger partial charge in [0.1, 0.15) is 5.75 Å². The van der Waals surface area contributed by atoms with E-state index in [0.29, 0.717) is 0 Å². The minimum absolute atomic E-state index is 0.737. The predicted octanol–water partition coefficient (Wildman–Crippen LogP) is 1.13. The molecule has 0 radical (unpaired) electrons. The molecule has 0 unspecified atom stereocenters. The van der Waals surface area contributed by atoms with Gasteiger partial charge in [0.25, 0.3) is 0 Å². The molecule has 0 aliphatic heterocycles. The summed E-state index contributed by atoms with van der Waals surface area (Å²) in [5.41, 5.74) is 1.15. The van der Waals surface area contributed by atoms with Gasteiger partial charge in [-0.25, -0.2) is 0 Å². The summed E-state index contributed by atoms with van der Waals surface area (Å²) in [6, 6.07) is 1.98. The van der Waals surface area contributed by atoms with Crippen molar-refractivity contribution in [2.24, 2.45) is 0 Å². The molecule has 1 heterocycles. The minimum Gasteiger partial charge on any atom is -0.492 e. The molecule has 90 valence electrons. The molecule has 4 heteroatoms. The third kappa shape index (κ3) is 4.59. The van der Waals surface area contributed by atoms with E-state index in [4.69, 9.17) is 4.74 Å². The van der Waals surface area contributed by atoms with E-state index in [1.165, 1.54) is 0 Å². The Bertz CT molecular complexity index is 302. The molecular weight excluding hydrogens is 202 g/mol. The number of aromatic nitrogens is 1. The number of rotatable bonds is 7. The van der Waals surface area contributed by atoms with E-state index in [1.807, 2.05) is 13.1 Å². The van der Waals surface area contributed by atoms with Gasteiger partial charge in [0.05, 0.1) is 12.8 Å². The fourth-order valence-corrected chi connectivity index (χ4v) is 1.44. The van der Waals surface area contributed by atoms with Gasteiger partial charge in [0, 0.05) is 24.8 Å². The predicted molar refractivity (Wildman–Crippen MR) is 65.7 cm³/mol. The summed E-state index contributed by atoms with van der Waals surface area (Å²) >= 11 is 0.